The molecular weight excluding hydrogens is 156 g/mol. The van der Waals surface area contributed by atoms with E-state index in [1.54, 1.807) is 7.11 Å². The summed E-state index contributed by atoms with van der Waals surface area (Å²) >= 11 is 0. The number of rotatable bonds is 4. The highest BCUT2D eigenvalue weighted by atomic mass is 28.4. The second kappa shape index (κ2) is 3.69. The summed E-state index contributed by atoms with van der Waals surface area (Å²) in [7, 11) is 0.313. The van der Waals surface area contributed by atoms with E-state index >= 15 is 0 Å². The third-order valence-electron chi connectivity index (χ3n) is 1.89. The topological polar surface area (TPSA) is 29.5 Å². The molecule has 0 amide bonds. The molecule has 0 heterocycles. The zero-order valence-electron chi connectivity index (χ0n) is 8.27. The first-order valence-electron chi connectivity index (χ1n) is 4.04. The molecule has 0 radical (unpaired) electrons. The Bertz CT molecular complexity index is 116. The van der Waals surface area contributed by atoms with Crippen LogP contribution in [-0.4, -0.2) is 26.1 Å². The summed E-state index contributed by atoms with van der Waals surface area (Å²) in [4.78, 5) is 0. The fourth-order valence-electron chi connectivity index (χ4n) is 0.709. The van der Waals surface area contributed by atoms with Gasteiger partial charge in [-0.05, 0) is 39.4 Å². The van der Waals surface area contributed by atoms with Crippen LogP contribution < -0.4 is 0 Å². The van der Waals surface area contributed by atoms with Gasteiger partial charge < -0.3 is 9.53 Å². The first-order chi connectivity index (χ1) is 4.77. The Kier molecular flexibility index (Phi) is 3.74. The average molecular weight is 176 g/mol. The van der Waals surface area contributed by atoms with Crippen LogP contribution in [0.2, 0.25) is 19.1 Å². The van der Waals surface area contributed by atoms with Crippen molar-refractivity contribution in [1.82, 2.24) is 0 Å². The van der Waals surface area contributed by atoms with E-state index in [9.17, 15) is 5.11 Å². The van der Waals surface area contributed by atoms with Crippen molar-refractivity contribution in [1.29, 1.82) is 0 Å². The van der Waals surface area contributed by atoms with E-state index < -0.39 is 13.9 Å². The fourth-order valence-corrected chi connectivity index (χ4v) is 2.13. The standard InChI is InChI=1S/C8H20O2Si/c1-8(2,9)6-7-11(4,5)10-3/h9H,6-7H2,1-5H3. The Morgan fingerprint density at radius 3 is 2.09 bits per heavy atom. The van der Waals surface area contributed by atoms with E-state index in [0.717, 1.165) is 12.5 Å². The van der Waals surface area contributed by atoms with Gasteiger partial charge in [0.1, 0.15) is 0 Å². The van der Waals surface area contributed by atoms with E-state index in [2.05, 4.69) is 13.1 Å². The Balaban J connectivity index is 3.70. The van der Waals surface area contributed by atoms with E-state index in [1.807, 2.05) is 13.8 Å². The number of aliphatic hydroxyl groups is 1. The zero-order chi connectivity index (χ0) is 9.12. The Labute approximate surface area is 70.7 Å². The normalized spacial score (nSPS) is 13.6. The minimum Gasteiger partial charge on any atom is -0.420 e. The first kappa shape index (κ1) is 11.1. The summed E-state index contributed by atoms with van der Waals surface area (Å²) in [5.74, 6) is 0. The Morgan fingerprint density at radius 2 is 1.82 bits per heavy atom. The molecule has 68 valence electrons. The highest BCUT2D eigenvalue weighted by Gasteiger charge is 2.24. The van der Waals surface area contributed by atoms with Crippen molar-refractivity contribution >= 4 is 8.32 Å². The van der Waals surface area contributed by atoms with Gasteiger partial charge in [-0.1, -0.05) is 0 Å². The molecule has 0 atom stereocenters. The summed E-state index contributed by atoms with van der Waals surface area (Å²) in [6, 6.07) is 1.02. The lowest BCUT2D eigenvalue weighted by atomic mass is 10.1. The molecule has 0 aromatic heterocycles. The maximum Gasteiger partial charge on any atom is 0.186 e. The van der Waals surface area contributed by atoms with Gasteiger partial charge in [0.15, 0.2) is 8.32 Å². The molecule has 0 aromatic rings. The third-order valence-corrected chi connectivity index (χ3v) is 4.45. The smallest absolute Gasteiger partial charge is 0.186 e. The molecule has 0 saturated carbocycles. The molecule has 11 heavy (non-hydrogen) atoms. The minimum atomic E-state index is -1.45. The summed E-state index contributed by atoms with van der Waals surface area (Å²) in [5, 5.41) is 9.44. The molecule has 0 aliphatic rings. The summed E-state index contributed by atoms with van der Waals surface area (Å²) < 4.78 is 5.36. The zero-order valence-corrected chi connectivity index (χ0v) is 9.27. The van der Waals surface area contributed by atoms with Crippen LogP contribution in [0.25, 0.3) is 0 Å². The van der Waals surface area contributed by atoms with Gasteiger partial charge in [0.25, 0.3) is 0 Å². The van der Waals surface area contributed by atoms with Crippen LogP contribution in [0.4, 0.5) is 0 Å². The van der Waals surface area contributed by atoms with Gasteiger partial charge in [-0.3, -0.25) is 0 Å². The SMILES string of the molecule is CO[Si](C)(C)CCC(C)(C)O. The van der Waals surface area contributed by atoms with Crippen LogP contribution in [-0.2, 0) is 4.43 Å². The highest BCUT2D eigenvalue weighted by molar-refractivity contribution is 6.71. The van der Waals surface area contributed by atoms with Gasteiger partial charge in [-0.25, -0.2) is 0 Å². The van der Waals surface area contributed by atoms with Gasteiger partial charge in [-0.2, -0.15) is 0 Å². The van der Waals surface area contributed by atoms with Crippen LogP contribution >= 0.6 is 0 Å². The molecule has 0 aliphatic heterocycles. The predicted octanol–water partition coefficient (Wildman–Crippen LogP) is 2.00. The predicted molar refractivity (Wildman–Crippen MR) is 50.2 cm³/mol. The minimum absolute atomic E-state index is 0.539. The van der Waals surface area contributed by atoms with E-state index in [0.29, 0.717) is 0 Å². The molecule has 0 saturated heterocycles. The second-order valence-corrected chi connectivity index (χ2v) is 8.70. The first-order valence-corrected chi connectivity index (χ1v) is 7.16. The number of hydrogen-bond acceptors (Lipinski definition) is 2. The molecule has 1 N–H and O–H groups in total. The fraction of sp³-hybridized carbons (Fsp3) is 1.00. The second-order valence-electron chi connectivity index (χ2n) is 4.28. The van der Waals surface area contributed by atoms with Crippen LogP contribution in [0.15, 0.2) is 0 Å². The quantitative estimate of drug-likeness (QED) is 0.664. The summed E-state index contributed by atoms with van der Waals surface area (Å²) in [6.45, 7) is 8.01. The largest absolute Gasteiger partial charge is 0.420 e. The third kappa shape index (κ3) is 6.53. The van der Waals surface area contributed by atoms with Crippen molar-refractivity contribution < 1.29 is 9.53 Å². The Hall–Kier alpha value is 0.137. The van der Waals surface area contributed by atoms with Crippen molar-refractivity contribution in [3.05, 3.63) is 0 Å². The van der Waals surface area contributed by atoms with Crippen LogP contribution in [0.3, 0.4) is 0 Å². The monoisotopic (exact) mass is 176 g/mol. The lowest BCUT2D eigenvalue weighted by molar-refractivity contribution is 0.0750. The lowest BCUT2D eigenvalue weighted by Crippen LogP contribution is -2.32. The summed E-state index contributed by atoms with van der Waals surface area (Å²) in [6.07, 6.45) is 0.833. The molecule has 0 rings (SSSR count). The maximum absolute atomic E-state index is 9.44. The van der Waals surface area contributed by atoms with Crippen molar-refractivity contribution in [2.75, 3.05) is 7.11 Å². The van der Waals surface area contributed by atoms with Crippen LogP contribution in [0.5, 0.6) is 0 Å². The maximum atomic E-state index is 9.44. The van der Waals surface area contributed by atoms with Crippen molar-refractivity contribution in [3.63, 3.8) is 0 Å². The summed E-state index contributed by atoms with van der Waals surface area (Å²) in [5.41, 5.74) is -0.539. The molecule has 0 bridgehead atoms. The number of hydrogen-bond donors (Lipinski definition) is 1. The van der Waals surface area contributed by atoms with Gasteiger partial charge in [-0.15, -0.1) is 0 Å². The molecule has 0 aliphatic carbocycles. The van der Waals surface area contributed by atoms with Crippen LogP contribution in [0, 0.1) is 0 Å². The molecular formula is C8H20O2Si. The van der Waals surface area contributed by atoms with Crippen molar-refractivity contribution in [2.24, 2.45) is 0 Å². The average Bonchev–Trinajstić information content (AvgIpc) is 1.83. The molecule has 0 fully saturated rings. The van der Waals surface area contributed by atoms with Gasteiger partial charge in [0, 0.05) is 7.11 Å². The Morgan fingerprint density at radius 1 is 1.36 bits per heavy atom. The van der Waals surface area contributed by atoms with Crippen molar-refractivity contribution in [2.45, 2.75) is 45.0 Å². The van der Waals surface area contributed by atoms with Gasteiger partial charge >= 0.3 is 0 Å². The van der Waals surface area contributed by atoms with Gasteiger partial charge in [0.2, 0.25) is 0 Å². The lowest BCUT2D eigenvalue weighted by Gasteiger charge is -2.24. The molecule has 0 unspecified atom stereocenters. The van der Waals surface area contributed by atoms with E-state index in [-0.39, 0.29) is 0 Å². The molecule has 3 heteroatoms. The van der Waals surface area contributed by atoms with E-state index in [4.69, 9.17) is 4.43 Å². The molecule has 0 aromatic carbocycles. The van der Waals surface area contributed by atoms with Crippen molar-refractivity contribution in [3.8, 4) is 0 Å². The highest BCUT2D eigenvalue weighted by Crippen LogP contribution is 2.19. The van der Waals surface area contributed by atoms with Crippen LogP contribution in [0.1, 0.15) is 20.3 Å². The molecule has 0 spiro atoms. The molecule has 2 nitrogen and oxygen atoms in total. The van der Waals surface area contributed by atoms with E-state index in [1.165, 1.54) is 0 Å². The van der Waals surface area contributed by atoms with Gasteiger partial charge in [0.05, 0.1) is 5.60 Å².